The van der Waals surface area contributed by atoms with E-state index in [2.05, 4.69) is 4.98 Å². The molecule has 0 saturated carbocycles. The van der Waals surface area contributed by atoms with E-state index in [1.54, 1.807) is 26.8 Å². The van der Waals surface area contributed by atoms with Gasteiger partial charge in [0, 0.05) is 17.1 Å². The van der Waals surface area contributed by atoms with E-state index in [9.17, 15) is 13.2 Å². The number of hydrogen-bond donors (Lipinski definition) is 1. The normalized spacial score (nSPS) is 12.4. The molecule has 0 spiro atoms. The topological polar surface area (TPSA) is 38.1 Å². The number of alkyl halides is 3. The number of hydrogen-bond acceptors (Lipinski definition) is 3. The quantitative estimate of drug-likeness (QED) is 0.930. The lowest BCUT2D eigenvalue weighted by Crippen LogP contribution is -2.05. The molecule has 0 aliphatic heterocycles. The van der Waals surface area contributed by atoms with Crippen LogP contribution in [0.5, 0.6) is 0 Å². The first-order valence-electron chi connectivity index (χ1n) is 6.10. The van der Waals surface area contributed by atoms with Crippen molar-refractivity contribution >= 4 is 11.3 Å². The number of aromatic nitrogens is 2. The molecule has 0 atom stereocenters. The molecule has 0 fully saturated rings. The lowest BCUT2D eigenvalue weighted by Gasteiger charge is -2.10. The van der Waals surface area contributed by atoms with Crippen molar-refractivity contribution < 1.29 is 18.3 Å². The van der Waals surface area contributed by atoms with E-state index in [0.717, 1.165) is 11.8 Å². The van der Waals surface area contributed by atoms with Gasteiger partial charge in [0.2, 0.25) is 0 Å². The molecule has 0 aromatic carbocycles. The largest absolute Gasteiger partial charge is 0.434 e. The van der Waals surface area contributed by atoms with E-state index in [-0.39, 0.29) is 12.6 Å². The van der Waals surface area contributed by atoms with Crippen molar-refractivity contribution in [2.45, 2.75) is 39.6 Å². The Morgan fingerprint density at radius 3 is 2.50 bits per heavy atom. The zero-order valence-corrected chi connectivity index (χ0v) is 12.1. The van der Waals surface area contributed by atoms with Gasteiger partial charge in [-0.2, -0.15) is 13.2 Å². The summed E-state index contributed by atoms with van der Waals surface area (Å²) in [5.74, 6) is 0.300. The standard InChI is InChI=1S/C13H15F3N2OS/c1-7(2)18-5-10(13(14,15)16)17-12(18)11-8(3)4-9(6-19)20-11/h4-5,7,19H,6H2,1-3H3. The minimum Gasteiger partial charge on any atom is -0.391 e. The summed E-state index contributed by atoms with van der Waals surface area (Å²) in [6.07, 6.45) is -3.42. The predicted octanol–water partition coefficient (Wildman–Crippen LogP) is 4.01. The summed E-state index contributed by atoms with van der Waals surface area (Å²) in [5, 5.41) is 9.14. The summed E-state index contributed by atoms with van der Waals surface area (Å²) >= 11 is 1.27. The molecule has 1 N–H and O–H groups in total. The van der Waals surface area contributed by atoms with Crippen LogP contribution in [0.3, 0.4) is 0 Å². The van der Waals surface area contributed by atoms with Crippen molar-refractivity contribution in [3.05, 3.63) is 28.4 Å². The minimum atomic E-state index is -4.46. The molecule has 0 amide bonds. The highest BCUT2D eigenvalue weighted by atomic mass is 32.1. The first kappa shape index (κ1) is 15.1. The fourth-order valence-electron chi connectivity index (χ4n) is 1.94. The van der Waals surface area contributed by atoms with Crippen molar-refractivity contribution in [2.24, 2.45) is 0 Å². The Balaban J connectivity index is 2.60. The van der Waals surface area contributed by atoms with Gasteiger partial charge in [0.15, 0.2) is 11.5 Å². The second kappa shape index (κ2) is 5.21. The number of thiophene rings is 1. The smallest absolute Gasteiger partial charge is 0.391 e. The average molecular weight is 304 g/mol. The van der Waals surface area contributed by atoms with Crippen molar-refractivity contribution in [2.75, 3.05) is 0 Å². The molecular weight excluding hydrogens is 289 g/mol. The lowest BCUT2D eigenvalue weighted by atomic mass is 10.2. The molecule has 3 nitrogen and oxygen atoms in total. The van der Waals surface area contributed by atoms with Gasteiger partial charge in [-0.25, -0.2) is 4.98 Å². The Labute approximate surface area is 118 Å². The number of aliphatic hydroxyl groups excluding tert-OH is 1. The second-order valence-corrected chi connectivity index (χ2v) is 5.97. The van der Waals surface area contributed by atoms with Gasteiger partial charge in [-0.05, 0) is 32.4 Å². The second-order valence-electron chi connectivity index (χ2n) is 4.83. The number of imidazole rings is 1. The molecule has 0 radical (unpaired) electrons. The third-order valence-electron chi connectivity index (χ3n) is 2.91. The molecule has 2 aromatic heterocycles. The first-order valence-corrected chi connectivity index (χ1v) is 6.92. The summed E-state index contributed by atoms with van der Waals surface area (Å²) < 4.78 is 40.0. The molecule has 110 valence electrons. The van der Waals surface area contributed by atoms with Crippen molar-refractivity contribution in [1.82, 2.24) is 9.55 Å². The monoisotopic (exact) mass is 304 g/mol. The van der Waals surface area contributed by atoms with Crippen LogP contribution in [-0.4, -0.2) is 14.7 Å². The Hall–Kier alpha value is -1.34. The number of rotatable bonds is 3. The van der Waals surface area contributed by atoms with Crippen LogP contribution in [0, 0.1) is 6.92 Å². The molecule has 0 aliphatic rings. The molecule has 0 unspecified atom stereocenters. The highest BCUT2D eigenvalue weighted by Gasteiger charge is 2.35. The molecule has 2 rings (SSSR count). The Morgan fingerprint density at radius 1 is 1.40 bits per heavy atom. The van der Waals surface area contributed by atoms with Crippen LogP contribution in [0.15, 0.2) is 12.3 Å². The average Bonchev–Trinajstić information content (AvgIpc) is 2.91. The van der Waals surface area contributed by atoms with Crippen LogP contribution in [-0.2, 0) is 12.8 Å². The van der Waals surface area contributed by atoms with E-state index in [0.29, 0.717) is 15.6 Å². The molecular formula is C13H15F3N2OS. The molecule has 2 heterocycles. The predicted molar refractivity (Wildman–Crippen MR) is 71.6 cm³/mol. The summed E-state index contributed by atoms with van der Waals surface area (Å²) in [6, 6.07) is 1.64. The fourth-order valence-corrected chi connectivity index (χ4v) is 2.96. The van der Waals surface area contributed by atoms with Gasteiger partial charge in [0.1, 0.15) is 0 Å². The van der Waals surface area contributed by atoms with E-state index in [1.807, 2.05) is 0 Å². The van der Waals surface area contributed by atoms with Gasteiger partial charge >= 0.3 is 6.18 Å². The fraction of sp³-hybridized carbons (Fsp3) is 0.462. The Morgan fingerprint density at radius 2 is 2.05 bits per heavy atom. The van der Waals surface area contributed by atoms with Crippen molar-refractivity contribution in [3.8, 4) is 10.7 Å². The minimum absolute atomic E-state index is 0.125. The highest BCUT2D eigenvalue weighted by molar-refractivity contribution is 7.15. The number of halogens is 3. The van der Waals surface area contributed by atoms with Crippen molar-refractivity contribution in [1.29, 1.82) is 0 Å². The van der Waals surface area contributed by atoms with Crippen LogP contribution in [0.25, 0.3) is 10.7 Å². The van der Waals surface area contributed by atoms with Crippen LogP contribution >= 0.6 is 11.3 Å². The third kappa shape index (κ3) is 2.73. The van der Waals surface area contributed by atoms with Gasteiger partial charge in [0.05, 0.1) is 11.5 Å². The first-order chi connectivity index (χ1) is 9.24. The maximum absolute atomic E-state index is 12.8. The summed E-state index contributed by atoms with van der Waals surface area (Å²) in [7, 11) is 0. The maximum atomic E-state index is 12.8. The molecule has 0 bridgehead atoms. The molecule has 0 aliphatic carbocycles. The Bertz CT molecular complexity index is 614. The van der Waals surface area contributed by atoms with E-state index in [1.165, 1.54) is 15.9 Å². The van der Waals surface area contributed by atoms with Crippen LogP contribution in [0.1, 0.15) is 36.0 Å². The number of nitrogens with zero attached hydrogens (tertiary/aromatic N) is 2. The third-order valence-corrected chi connectivity index (χ3v) is 4.12. The molecule has 0 saturated heterocycles. The van der Waals surface area contributed by atoms with Gasteiger partial charge in [-0.1, -0.05) is 0 Å². The van der Waals surface area contributed by atoms with Gasteiger partial charge in [-0.3, -0.25) is 0 Å². The lowest BCUT2D eigenvalue weighted by molar-refractivity contribution is -0.140. The van der Waals surface area contributed by atoms with Crippen molar-refractivity contribution in [3.63, 3.8) is 0 Å². The van der Waals surface area contributed by atoms with Gasteiger partial charge in [0.25, 0.3) is 0 Å². The zero-order valence-electron chi connectivity index (χ0n) is 11.3. The van der Waals surface area contributed by atoms with E-state index in [4.69, 9.17) is 5.11 Å². The summed E-state index contributed by atoms with van der Waals surface area (Å²) in [6.45, 7) is 5.29. The van der Waals surface area contributed by atoms with Crippen LogP contribution in [0.4, 0.5) is 13.2 Å². The number of aliphatic hydroxyl groups is 1. The number of aryl methyl sites for hydroxylation is 1. The maximum Gasteiger partial charge on any atom is 0.434 e. The molecule has 2 aromatic rings. The summed E-state index contributed by atoms with van der Waals surface area (Å²) in [4.78, 5) is 5.13. The molecule has 20 heavy (non-hydrogen) atoms. The van der Waals surface area contributed by atoms with Crippen LogP contribution < -0.4 is 0 Å². The Kier molecular flexibility index (Phi) is 3.93. The zero-order chi connectivity index (χ0) is 15.1. The summed E-state index contributed by atoms with van der Waals surface area (Å²) in [5.41, 5.74) is -0.0696. The van der Waals surface area contributed by atoms with E-state index < -0.39 is 11.9 Å². The van der Waals surface area contributed by atoms with Gasteiger partial charge in [-0.15, -0.1) is 11.3 Å². The van der Waals surface area contributed by atoms with E-state index >= 15 is 0 Å². The SMILES string of the molecule is Cc1cc(CO)sc1-c1nc(C(F)(F)F)cn1C(C)C. The molecule has 7 heteroatoms. The van der Waals surface area contributed by atoms with Crippen LogP contribution in [0.2, 0.25) is 0 Å². The highest BCUT2D eigenvalue weighted by Crippen LogP contribution is 2.36. The van der Waals surface area contributed by atoms with Gasteiger partial charge < -0.3 is 9.67 Å².